The molecule has 0 unspecified atom stereocenters. The molecule has 1 atom stereocenters. The van der Waals surface area contributed by atoms with Crippen molar-refractivity contribution in [2.45, 2.75) is 19.6 Å². The molecule has 2 aromatic carbocycles. The summed E-state index contributed by atoms with van der Waals surface area (Å²) in [5, 5.41) is 8.37. The molecule has 152 valence electrons. The molecule has 0 aliphatic rings. The van der Waals surface area contributed by atoms with E-state index in [9.17, 15) is 9.59 Å². The van der Waals surface area contributed by atoms with Crippen molar-refractivity contribution < 1.29 is 18.7 Å². The number of carbonyl (C=O) groups excluding carboxylic acids is 1. The van der Waals surface area contributed by atoms with E-state index >= 15 is 0 Å². The number of para-hydroxylation sites is 1. The fourth-order valence-corrected chi connectivity index (χ4v) is 2.89. The summed E-state index contributed by atoms with van der Waals surface area (Å²) in [6.45, 7) is 1.34. The van der Waals surface area contributed by atoms with Crippen LogP contribution in [0.2, 0.25) is 0 Å². The van der Waals surface area contributed by atoms with E-state index in [1.165, 1.54) is 10.9 Å². The maximum atomic E-state index is 12.5. The molecule has 30 heavy (non-hydrogen) atoms. The standard InChI is InChI=1S/C21H18N4O5/c1-13(19-23-24-20(30-19)14-7-9-15(28-2)10-8-14)29-18(26)11-25-12-22-17-6-4-3-5-16(17)21(25)27/h3-10,12-13H,11H2,1-2H3/t13-/m1/s1. The van der Waals surface area contributed by atoms with Gasteiger partial charge in [-0.25, -0.2) is 4.98 Å². The van der Waals surface area contributed by atoms with E-state index in [1.807, 2.05) is 0 Å². The minimum atomic E-state index is -0.777. The van der Waals surface area contributed by atoms with Gasteiger partial charge in [0.2, 0.25) is 5.89 Å². The van der Waals surface area contributed by atoms with Gasteiger partial charge in [-0.15, -0.1) is 10.2 Å². The number of ether oxygens (including phenoxy) is 2. The number of hydrogen-bond donors (Lipinski definition) is 0. The topological polar surface area (TPSA) is 109 Å². The Bertz CT molecular complexity index is 1250. The van der Waals surface area contributed by atoms with E-state index in [0.29, 0.717) is 28.1 Å². The van der Waals surface area contributed by atoms with Gasteiger partial charge in [0, 0.05) is 5.56 Å². The highest BCUT2D eigenvalue weighted by Crippen LogP contribution is 2.24. The molecule has 9 heteroatoms. The third-order valence-corrected chi connectivity index (χ3v) is 4.46. The lowest BCUT2D eigenvalue weighted by Gasteiger charge is -2.10. The number of aromatic nitrogens is 4. The molecular formula is C21H18N4O5. The average Bonchev–Trinajstić information content (AvgIpc) is 3.26. The predicted molar refractivity (Wildman–Crippen MR) is 107 cm³/mol. The van der Waals surface area contributed by atoms with Crippen LogP contribution in [0.25, 0.3) is 22.4 Å². The Hall–Kier alpha value is -4.01. The van der Waals surface area contributed by atoms with Gasteiger partial charge in [-0.05, 0) is 43.3 Å². The quantitative estimate of drug-likeness (QED) is 0.450. The lowest BCUT2D eigenvalue weighted by atomic mass is 10.2. The largest absolute Gasteiger partial charge is 0.497 e. The van der Waals surface area contributed by atoms with Crippen molar-refractivity contribution in [3.05, 3.63) is 71.1 Å². The van der Waals surface area contributed by atoms with Crippen LogP contribution in [-0.2, 0) is 16.1 Å². The summed E-state index contributed by atoms with van der Waals surface area (Å²) in [6.07, 6.45) is 0.548. The van der Waals surface area contributed by atoms with Crippen LogP contribution < -0.4 is 10.3 Å². The van der Waals surface area contributed by atoms with Gasteiger partial charge in [-0.2, -0.15) is 0 Å². The first-order valence-electron chi connectivity index (χ1n) is 9.16. The predicted octanol–water partition coefficient (Wildman–Crippen LogP) is 2.76. The van der Waals surface area contributed by atoms with Gasteiger partial charge in [0.15, 0.2) is 6.10 Å². The molecule has 0 spiro atoms. The maximum Gasteiger partial charge on any atom is 0.326 e. The van der Waals surface area contributed by atoms with Gasteiger partial charge < -0.3 is 13.9 Å². The Kier molecular flexibility index (Phi) is 5.25. The van der Waals surface area contributed by atoms with Gasteiger partial charge in [0.05, 0.1) is 24.3 Å². The zero-order valence-corrected chi connectivity index (χ0v) is 16.3. The lowest BCUT2D eigenvalue weighted by Crippen LogP contribution is -2.26. The molecule has 4 aromatic rings. The molecule has 4 rings (SSSR count). The second-order valence-electron chi connectivity index (χ2n) is 6.50. The SMILES string of the molecule is COc1ccc(-c2nnc([C@@H](C)OC(=O)Cn3cnc4ccccc4c3=O)o2)cc1. The van der Waals surface area contributed by atoms with Crippen molar-refractivity contribution in [2.24, 2.45) is 0 Å². The van der Waals surface area contributed by atoms with Gasteiger partial charge in [0.1, 0.15) is 12.3 Å². The molecule has 0 fully saturated rings. The van der Waals surface area contributed by atoms with Crippen molar-refractivity contribution >= 4 is 16.9 Å². The zero-order chi connectivity index (χ0) is 21.1. The minimum Gasteiger partial charge on any atom is -0.497 e. The zero-order valence-electron chi connectivity index (χ0n) is 16.3. The summed E-state index contributed by atoms with van der Waals surface area (Å²) in [6, 6.07) is 14.0. The lowest BCUT2D eigenvalue weighted by molar-refractivity contribution is -0.150. The van der Waals surface area contributed by atoms with Crippen molar-refractivity contribution in [2.75, 3.05) is 7.11 Å². The Labute approximate surface area is 170 Å². The molecule has 0 aliphatic carbocycles. The third kappa shape index (κ3) is 3.90. The van der Waals surface area contributed by atoms with E-state index in [0.717, 1.165) is 0 Å². The molecule has 0 radical (unpaired) electrons. The molecule has 9 nitrogen and oxygen atoms in total. The summed E-state index contributed by atoms with van der Waals surface area (Å²) in [7, 11) is 1.58. The highest BCUT2D eigenvalue weighted by Gasteiger charge is 2.20. The molecule has 2 heterocycles. The Morgan fingerprint density at radius 3 is 2.67 bits per heavy atom. The Balaban J connectivity index is 1.44. The first-order valence-corrected chi connectivity index (χ1v) is 9.16. The fourth-order valence-electron chi connectivity index (χ4n) is 2.89. The van der Waals surface area contributed by atoms with Gasteiger partial charge in [-0.3, -0.25) is 14.2 Å². The van der Waals surface area contributed by atoms with Crippen LogP contribution in [0, 0.1) is 0 Å². The number of carbonyl (C=O) groups is 1. The van der Waals surface area contributed by atoms with E-state index in [1.54, 1.807) is 62.6 Å². The van der Waals surface area contributed by atoms with Gasteiger partial charge in [0.25, 0.3) is 11.4 Å². The highest BCUT2D eigenvalue weighted by atomic mass is 16.6. The van der Waals surface area contributed by atoms with Crippen molar-refractivity contribution in [1.29, 1.82) is 0 Å². The fraction of sp³-hybridized carbons (Fsp3) is 0.190. The van der Waals surface area contributed by atoms with E-state index in [4.69, 9.17) is 13.9 Å². The summed E-state index contributed by atoms with van der Waals surface area (Å²) >= 11 is 0. The van der Waals surface area contributed by atoms with Crippen LogP contribution in [0.4, 0.5) is 0 Å². The summed E-state index contributed by atoms with van der Waals surface area (Å²) < 4.78 is 17.3. The molecule has 0 amide bonds. The van der Waals surface area contributed by atoms with Crippen LogP contribution in [0.15, 0.2) is 64.1 Å². The van der Waals surface area contributed by atoms with Crippen molar-refractivity contribution in [1.82, 2.24) is 19.7 Å². The van der Waals surface area contributed by atoms with E-state index < -0.39 is 12.1 Å². The van der Waals surface area contributed by atoms with Crippen molar-refractivity contribution in [3.63, 3.8) is 0 Å². The van der Waals surface area contributed by atoms with Crippen LogP contribution in [-0.4, -0.2) is 32.8 Å². The normalized spacial score (nSPS) is 11.9. The van der Waals surface area contributed by atoms with Gasteiger partial charge in [-0.1, -0.05) is 12.1 Å². The number of benzene rings is 2. The van der Waals surface area contributed by atoms with Crippen LogP contribution in [0.5, 0.6) is 5.75 Å². The van der Waals surface area contributed by atoms with E-state index in [2.05, 4.69) is 15.2 Å². The maximum absolute atomic E-state index is 12.5. The minimum absolute atomic E-state index is 0.151. The highest BCUT2D eigenvalue weighted by molar-refractivity contribution is 5.77. The monoisotopic (exact) mass is 406 g/mol. The number of fused-ring (bicyclic) bond motifs is 1. The molecule has 2 aromatic heterocycles. The summed E-state index contributed by atoms with van der Waals surface area (Å²) in [4.78, 5) is 29.0. The third-order valence-electron chi connectivity index (χ3n) is 4.46. The van der Waals surface area contributed by atoms with Crippen LogP contribution in [0.3, 0.4) is 0 Å². The number of esters is 1. The van der Waals surface area contributed by atoms with Crippen LogP contribution >= 0.6 is 0 Å². The van der Waals surface area contributed by atoms with E-state index in [-0.39, 0.29) is 18.0 Å². The summed E-state index contributed by atoms with van der Waals surface area (Å²) in [5.74, 6) is 0.536. The number of rotatable bonds is 6. The van der Waals surface area contributed by atoms with Crippen molar-refractivity contribution in [3.8, 4) is 17.2 Å². The van der Waals surface area contributed by atoms with Crippen LogP contribution in [0.1, 0.15) is 18.9 Å². The second-order valence-corrected chi connectivity index (χ2v) is 6.50. The average molecular weight is 406 g/mol. The molecular weight excluding hydrogens is 388 g/mol. The Morgan fingerprint density at radius 1 is 1.13 bits per heavy atom. The Morgan fingerprint density at radius 2 is 1.90 bits per heavy atom. The molecule has 0 N–H and O–H groups in total. The number of methoxy groups -OCH3 is 1. The molecule has 0 bridgehead atoms. The van der Waals surface area contributed by atoms with Gasteiger partial charge >= 0.3 is 5.97 Å². The smallest absolute Gasteiger partial charge is 0.326 e. The molecule has 0 aliphatic heterocycles. The number of nitrogens with zero attached hydrogens (tertiary/aromatic N) is 4. The second kappa shape index (κ2) is 8.16. The molecule has 0 saturated heterocycles. The first-order chi connectivity index (χ1) is 14.5. The summed E-state index contributed by atoms with van der Waals surface area (Å²) in [5.41, 5.74) is 0.962. The molecule has 0 saturated carbocycles. The number of hydrogen-bond acceptors (Lipinski definition) is 8. The first kappa shape index (κ1) is 19.3.